The van der Waals surface area contributed by atoms with Gasteiger partial charge in [-0.1, -0.05) is 55.9 Å². The zero-order valence-electron chi connectivity index (χ0n) is 32.0. The molecule has 0 radical (unpaired) electrons. The second kappa shape index (κ2) is 18.5. The minimum absolute atomic E-state index is 0.105. The molecule has 5 rings (SSSR count). The third kappa shape index (κ3) is 11.8. The minimum Gasteiger partial charge on any atom is -0.497 e. The van der Waals surface area contributed by atoms with Crippen LogP contribution < -0.4 is 20.2 Å². The average molecular weight is 799 g/mol. The summed E-state index contributed by atoms with van der Waals surface area (Å²) in [6.07, 6.45) is 0.0678. The number of amidine groups is 1. The summed E-state index contributed by atoms with van der Waals surface area (Å²) in [6, 6.07) is 23.4. The number of anilines is 1. The average Bonchev–Trinajstić information content (AvgIpc) is 3.52. The Bertz CT molecular complexity index is 2320. The number of carbonyl (C=O) groups is 2. The minimum atomic E-state index is -4.83. The lowest BCUT2D eigenvalue weighted by Crippen LogP contribution is -2.17. The third-order valence-electron chi connectivity index (χ3n) is 8.50. The smallest absolute Gasteiger partial charge is 0.497 e. The molecule has 0 saturated heterocycles. The first-order valence-electron chi connectivity index (χ1n) is 17.6. The van der Waals surface area contributed by atoms with Crippen LogP contribution in [0.4, 0.5) is 24.5 Å². The van der Waals surface area contributed by atoms with Crippen LogP contribution in [0, 0.1) is 20.8 Å². The molecule has 1 amide bonds. The summed E-state index contributed by atoms with van der Waals surface area (Å²) in [7, 11) is 1.57. The Morgan fingerprint density at radius 3 is 2.30 bits per heavy atom. The van der Waals surface area contributed by atoms with Gasteiger partial charge >= 0.3 is 12.3 Å². The molecule has 11 nitrogen and oxygen atoms in total. The first-order valence-corrected chi connectivity index (χ1v) is 18.6. The van der Waals surface area contributed by atoms with Crippen molar-refractivity contribution in [3.8, 4) is 17.2 Å². The van der Waals surface area contributed by atoms with Gasteiger partial charge in [0.2, 0.25) is 0 Å². The van der Waals surface area contributed by atoms with Gasteiger partial charge in [-0.15, -0.1) is 13.2 Å². The molecule has 0 aliphatic rings. The Labute approximate surface area is 332 Å². The zero-order chi connectivity index (χ0) is 41.3. The van der Waals surface area contributed by atoms with Crippen LogP contribution in [0.3, 0.4) is 0 Å². The predicted octanol–water partition coefficient (Wildman–Crippen LogP) is 9.59. The van der Waals surface area contributed by atoms with E-state index in [0.29, 0.717) is 28.0 Å². The number of hydrazone groups is 1. The van der Waals surface area contributed by atoms with Crippen molar-refractivity contribution in [3.05, 3.63) is 136 Å². The highest BCUT2D eigenvalue weighted by molar-refractivity contribution is 8.14. The molecule has 296 valence electrons. The number of nitrogens with zero attached hydrogens (tertiary/aromatic N) is 4. The van der Waals surface area contributed by atoms with Crippen molar-refractivity contribution in [2.75, 3.05) is 18.2 Å². The number of hydrogen-bond acceptors (Lipinski definition) is 8. The van der Waals surface area contributed by atoms with Gasteiger partial charge in [0.25, 0.3) is 5.91 Å². The topological polar surface area (TPSA) is 139 Å². The number of carboxylic acids is 1. The molecule has 0 spiro atoms. The highest BCUT2D eigenvalue weighted by Crippen LogP contribution is 2.30. The Hall–Kier alpha value is -6.35. The van der Waals surface area contributed by atoms with Gasteiger partial charge in [-0.05, 0) is 115 Å². The van der Waals surface area contributed by atoms with Crippen LogP contribution in [-0.4, -0.2) is 57.4 Å². The number of aliphatic carboxylic acids is 1. The van der Waals surface area contributed by atoms with Gasteiger partial charge in [-0.25, -0.2) is 14.5 Å². The zero-order valence-corrected chi connectivity index (χ0v) is 32.8. The summed E-state index contributed by atoms with van der Waals surface area (Å²) in [4.78, 5) is 30.0. The molecule has 0 aliphatic carbocycles. The van der Waals surface area contributed by atoms with E-state index in [1.165, 1.54) is 23.9 Å². The van der Waals surface area contributed by atoms with Gasteiger partial charge in [0.05, 0.1) is 42.3 Å². The van der Waals surface area contributed by atoms with E-state index in [9.17, 15) is 27.9 Å². The third-order valence-corrected chi connectivity index (χ3v) is 9.42. The number of ether oxygens (including phenoxy) is 2. The van der Waals surface area contributed by atoms with Gasteiger partial charge in [-0.2, -0.15) is 10.2 Å². The van der Waals surface area contributed by atoms with Crippen molar-refractivity contribution < 1.29 is 37.3 Å². The number of alkyl halides is 3. The highest BCUT2D eigenvalue weighted by atomic mass is 32.2. The Morgan fingerprint density at radius 2 is 1.67 bits per heavy atom. The summed E-state index contributed by atoms with van der Waals surface area (Å²) in [5.41, 5.74) is 10.2. The fourth-order valence-corrected chi connectivity index (χ4v) is 6.25. The number of aromatic nitrogens is 2. The molecule has 0 unspecified atom stereocenters. The van der Waals surface area contributed by atoms with Crippen molar-refractivity contribution in [1.82, 2.24) is 15.2 Å². The largest absolute Gasteiger partial charge is 0.573 e. The molecule has 0 atom stereocenters. The Morgan fingerprint density at radius 1 is 0.965 bits per heavy atom. The maximum Gasteiger partial charge on any atom is 0.573 e. The Kier molecular flexibility index (Phi) is 13.6. The molecule has 1 aromatic heterocycles. The van der Waals surface area contributed by atoms with E-state index in [1.807, 2.05) is 50.2 Å². The van der Waals surface area contributed by atoms with Crippen LogP contribution in [0.15, 0.2) is 107 Å². The number of methoxy groups -OCH3 is 1. The van der Waals surface area contributed by atoms with Gasteiger partial charge < -0.3 is 19.9 Å². The van der Waals surface area contributed by atoms with Crippen LogP contribution in [-0.2, 0) is 4.79 Å². The lowest BCUT2D eigenvalue weighted by atomic mass is 10.00. The van der Waals surface area contributed by atoms with Crippen molar-refractivity contribution in [1.29, 1.82) is 0 Å². The number of carbonyl (C=O) groups excluding carboxylic acids is 1. The van der Waals surface area contributed by atoms with E-state index in [-0.39, 0.29) is 22.8 Å². The van der Waals surface area contributed by atoms with E-state index in [4.69, 9.17) is 9.73 Å². The van der Waals surface area contributed by atoms with Gasteiger partial charge in [0, 0.05) is 16.9 Å². The molecular formula is C42H41F3N6O5S. The molecule has 0 aliphatic heterocycles. The maximum absolute atomic E-state index is 12.8. The van der Waals surface area contributed by atoms with E-state index in [2.05, 4.69) is 39.5 Å². The number of rotatable bonds is 13. The second-order valence-corrected chi connectivity index (χ2v) is 14.1. The number of carboxylic acid groups (broad SMARTS) is 1. The molecule has 57 heavy (non-hydrogen) atoms. The number of amides is 1. The maximum atomic E-state index is 12.8. The van der Waals surface area contributed by atoms with Crippen LogP contribution in [0.5, 0.6) is 11.5 Å². The fourth-order valence-electron chi connectivity index (χ4n) is 5.47. The van der Waals surface area contributed by atoms with Gasteiger partial charge in [0.1, 0.15) is 11.5 Å². The molecule has 0 saturated carbocycles. The second-order valence-electron chi connectivity index (χ2n) is 13.2. The standard InChI is InChI=1S/C42H41F3N6O5S/c1-25(2)36-18-7-26(3)19-37(36)48-41(57-24-32(40(53)54)21-29-8-14-34(55-6)15-9-29)49-46-22-31-10-13-33(20-27(31)4)51-23-38(28(5)50-51)47-39(52)30-11-16-35(17-12-30)56-42(43,44)45/h7-23,25H,24H2,1-6H3,(H,47,52)(H,48,49)(H,53,54)/b32-21-,46-22+. The van der Waals surface area contributed by atoms with Gasteiger partial charge in [0.15, 0.2) is 5.17 Å². The number of hydrogen-bond donors (Lipinski definition) is 3. The predicted molar refractivity (Wildman–Crippen MR) is 218 cm³/mol. The summed E-state index contributed by atoms with van der Waals surface area (Å²) in [6.45, 7) is 9.78. The summed E-state index contributed by atoms with van der Waals surface area (Å²) in [5.74, 6) is -1.04. The van der Waals surface area contributed by atoms with E-state index < -0.39 is 24.0 Å². The van der Waals surface area contributed by atoms with Crippen molar-refractivity contribution in [3.63, 3.8) is 0 Å². The number of aliphatic imine (C=N–C) groups is 1. The quantitative estimate of drug-likeness (QED) is 0.0463. The van der Waals surface area contributed by atoms with Crippen LogP contribution in [0.1, 0.15) is 63.6 Å². The van der Waals surface area contributed by atoms with E-state index >= 15 is 0 Å². The molecule has 4 aromatic carbocycles. The van der Waals surface area contributed by atoms with Crippen molar-refractivity contribution >= 4 is 52.5 Å². The molecule has 5 aromatic rings. The van der Waals surface area contributed by atoms with Crippen LogP contribution in [0.2, 0.25) is 0 Å². The monoisotopic (exact) mass is 798 g/mol. The number of aryl methyl sites for hydroxylation is 3. The number of benzene rings is 4. The van der Waals surface area contributed by atoms with Crippen molar-refractivity contribution in [2.24, 2.45) is 10.1 Å². The first kappa shape index (κ1) is 41.8. The first-order chi connectivity index (χ1) is 27.1. The molecular weight excluding hydrogens is 758 g/mol. The number of thioether (sulfide) groups is 1. The summed E-state index contributed by atoms with van der Waals surface area (Å²) in [5, 5.41) is 22.2. The lowest BCUT2D eigenvalue weighted by molar-refractivity contribution is -0.274. The summed E-state index contributed by atoms with van der Waals surface area (Å²) >= 11 is 1.22. The normalized spacial score (nSPS) is 12.2. The fraction of sp³-hybridized carbons (Fsp3) is 0.214. The summed E-state index contributed by atoms with van der Waals surface area (Å²) < 4.78 is 48.2. The molecule has 3 N–H and O–H groups in total. The van der Waals surface area contributed by atoms with Crippen molar-refractivity contribution in [2.45, 2.75) is 46.9 Å². The molecule has 0 bridgehead atoms. The van der Waals surface area contributed by atoms with E-state index in [0.717, 1.165) is 45.6 Å². The highest BCUT2D eigenvalue weighted by Gasteiger charge is 2.31. The number of nitrogens with one attached hydrogen (secondary N) is 2. The molecule has 15 heteroatoms. The lowest BCUT2D eigenvalue weighted by Gasteiger charge is -2.12. The SMILES string of the molecule is COc1ccc(/C=C(/CSC(=Nc2cc(C)ccc2C(C)C)N/N=C/c2ccc(-n3cc(NC(=O)c4ccc(OC(F)(F)F)cc4)c(C)n3)cc2C)C(=O)O)cc1. The molecule has 1 heterocycles. The molecule has 0 fully saturated rings. The number of halogens is 3. The van der Waals surface area contributed by atoms with Crippen LogP contribution >= 0.6 is 11.8 Å². The van der Waals surface area contributed by atoms with Gasteiger partial charge in [-0.3, -0.25) is 10.2 Å². The Balaban J connectivity index is 1.32. The van der Waals surface area contributed by atoms with E-state index in [1.54, 1.807) is 61.5 Å². The van der Waals surface area contributed by atoms with Crippen LogP contribution in [0.25, 0.3) is 11.8 Å².